The lowest BCUT2D eigenvalue weighted by atomic mass is 9.94. The second-order valence-electron chi connectivity index (χ2n) is 4.34. The van der Waals surface area contributed by atoms with Crippen molar-refractivity contribution in [2.45, 2.75) is 45.2 Å². The van der Waals surface area contributed by atoms with Gasteiger partial charge in [0.25, 0.3) is 0 Å². The smallest absolute Gasteiger partial charge is 0.140 e. The van der Waals surface area contributed by atoms with Crippen LogP contribution < -0.4 is 0 Å². The zero-order valence-electron chi connectivity index (χ0n) is 8.51. The SMILES string of the molecule is C#CC[N+]1(C)[C@@H](C)CCC[C@@H]1C. The van der Waals surface area contributed by atoms with E-state index in [1.54, 1.807) is 0 Å². The van der Waals surface area contributed by atoms with Crippen molar-refractivity contribution in [2.24, 2.45) is 0 Å². The third-order valence-electron chi connectivity index (χ3n) is 3.69. The maximum absolute atomic E-state index is 5.40. The van der Waals surface area contributed by atoms with Crippen LogP contribution >= 0.6 is 0 Å². The second kappa shape index (κ2) is 3.49. The summed E-state index contributed by atoms with van der Waals surface area (Å²) >= 11 is 0. The molecule has 1 heterocycles. The highest BCUT2D eigenvalue weighted by molar-refractivity contribution is 4.85. The molecule has 0 radical (unpaired) electrons. The summed E-state index contributed by atoms with van der Waals surface area (Å²) in [5.41, 5.74) is 0. The molecule has 1 saturated heterocycles. The molecule has 1 rings (SSSR count). The van der Waals surface area contributed by atoms with Gasteiger partial charge in [-0.3, -0.25) is 0 Å². The van der Waals surface area contributed by atoms with Gasteiger partial charge in [-0.05, 0) is 39.0 Å². The fraction of sp³-hybridized carbons (Fsp3) is 0.818. The van der Waals surface area contributed by atoms with E-state index in [2.05, 4.69) is 26.8 Å². The van der Waals surface area contributed by atoms with E-state index in [4.69, 9.17) is 6.42 Å². The van der Waals surface area contributed by atoms with Crippen LogP contribution in [0.15, 0.2) is 0 Å². The minimum absolute atomic E-state index is 0.741. The summed E-state index contributed by atoms with van der Waals surface area (Å²) < 4.78 is 1.08. The van der Waals surface area contributed by atoms with Crippen LogP contribution in [0.2, 0.25) is 0 Å². The van der Waals surface area contributed by atoms with Crippen molar-refractivity contribution in [3.63, 3.8) is 0 Å². The Morgan fingerprint density at radius 2 is 1.83 bits per heavy atom. The average molecular weight is 166 g/mol. The average Bonchev–Trinajstić information content (AvgIpc) is 2.02. The summed E-state index contributed by atoms with van der Waals surface area (Å²) in [7, 11) is 2.30. The standard InChI is InChI=1S/C11H20N/c1-5-9-12(4)10(2)7-6-8-11(12)3/h1,10-11H,6-9H2,2-4H3/q+1/t10-,11-/m0/s1. The first-order valence-corrected chi connectivity index (χ1v) is 4.89. The van der Waals surface area contributed by atoms with E-state index in [-0.39, 0.29) is 0 Å². The van der Waals surface area contributed by atoms with Crippen LogP contribution in [0.25, 0.3) is 0 Å². The van der Waals surface area contributed by atoms with E-state index < -0.39 is 0 Å². The maximum Gasteiger partial charge on any atom is 0.140 e. The molecule has 0 amide bonds. The molecule has 2 atom stereocenters. The zero-order chi connectivity index (χ0) is 9.19. The normalized spacial score (nSPS) is 34.2. The Kier molecular flexibility index (Phi) is 2.80. The maximum atomic E-state index is 5.40. The number of piperidine rings is 1. The summed E-state index contributed by atoms with van der Waals surface area (Å²) in [5.74, 6) is 2.81. The van der Waals surface area contributed by atoms with Crippen molar-refractivity contribution in [3.05, 3.63) is 0 Å². The van der Waals surface area contributed by atoms with Crippen LogP contribution in [-0.4, -0.2) is 30.2 Å². The molecule has 0 aromatic rings. The summed E-state index contributed by atoms with van der Waals surface area (Å²) in [6.07, 6.45) is 9.45. The van der Waals surface area contributed by atoms with Gasteiger partial charge in [0.1, 0.15) is 6.54 Å². The predicted octanol–water partition coefficient (Wildman–Crippen LogP) is 2.03. The minimum atomic E-state index is 0.741. The fourth-order valence-electron chi connectivity index (χ4n) is 2.24. The molecule has 12 heavy (non-hydrogen) atoms. The van der Waals surface area contributed by atoms with Gasteiger partial charge in [-0.2, -0.15) is 0 Å². The molecule has 0 N–H and O–H groups in total. The van der Waals surface area contributed by atoms with Crippen molar-refractivity contribution < 1.29 is 4.48 Å². The molecule has 0 saturated carbocycles. The van der Waals surface area contributed by atoms with Crippen LogP contribution in [0, 0.1) is 12.3 Å². The van der Waals surface area contributed by atoms with Crippen LogP contribution in [0.5, 0.6) is 0 Å². The van der Waals surface area contributed by atoms with Crippen molar-refractivity contribution in [3.8, 4) is 12.3 Å². The van der Waals surface area contributed by atoms with Gasteiger partial charge in [0.2, 0.25) is 0 Å². The Hall–Kier alpha value is -0.480. The summed E-state index contributed by atoms with van der Waals surface area (Å²) in [5, 5.41) is 0. The molecular weight excluding hydrogens is 146 g/mol. The first-order chi connectivity index (χ1) is 5.61. The molecule has 0 spiro atoms. The third kappa shape index (κ3) is 1.49. The highest BCUT2D eigenvalue weighted by Gasteiger charge is 2.37. The predicted molar refractivity (Wildman–Crippen MR) is 52.7 cm³/mol. The molecule has 1 aliphatic heterocycles. The summed E-state index contributed by atoms with van der Waals surface area (Å²) in [4.78, 5) is 0. The number of rotatable bonds is 1. The molecule has 1 fully saturated rings. The van der Waals surface area contributed by atoms with E-state index in [1.165, 1.54) is 19.3 Å². The van der Waals surface area contributed by atoms with E-state index in [0.29, 0.717) is 0 Å². The number of likely N-dealkylation sites (tertiary alicyclic amines) is 1. The Morgan fingerprint density at radius 3 is 2.25 bits per heavy atom. The minimum Gasteiger partial charge on any atom is -0.312 e. The quantitative estimate of drug-likeness (QED) is 0.413. The molecule has 1 aliphatic rings. The van der Waals surface area contributed by atoms with Gasteiger partial charge in [-0.15, -0.1) is 6.42 Å². The molecule has 68 valence electrons. The largest absolute Gasteiger partial charge is 0.312 e. The number of hydrogen-bond acceptors (Lipinski definition) is 0. The molecule has 0 unspecified atom stereocenters. The lowest BCUT2D eigenvalue weighted by Gasteiger charge is -2.47. The molecule has 0 aliphatic carbocycles. The molecule has 1 heteroatoms. The van der Waals surface area contributed by atoms with Gasteiger partial charge in [0, 0.05) is 0 Å². The second-order valence-corrected chi connectivity index (χ2v) is 4.34. The van der Waals surface area contributed by atoms with E-state index in [0.717, 1.165) is 23.1 Å². The van der Waals surface area contributed by atoms with Crippen molar-refractivity contribution in [1.82, 2.24) is 0 Å². The van der Waals surface area contributed by atoms with Crippen LogP contribution in [0.3, 0.4) is 0 Å². The summed E-state index contributed by atoms with van der Waals surface area (Å²) in [6, 6.07) is 1.48. The lowest BCUT2D eigenvalue weighted by molar-refractivity contribution is -0.951. The first-order valence-electron chi connectivity index (χ1n) is 4.89. The Morgan fingerprint density at radius 1 is 1.33 bits per heavy atom. The van der Waals surface area contributed by atoms with Crippen LogP contribution in [0.1, 0.15) is 33.1 Å². The van der Waals surface area contributed by atoms with Gasteiger partial charge in [-0.25, -0.2) is 0 Å². The Labute approximate surface area is 76.4 Å². The molecular formula is C11H20N+. The monoisotopic (exact) mass is 166 g/mol. The fourth-order valence-corrected chi connectivity index (χ4v) is 2.24. The van der Waals surface area contributed by atoms with Crippen LogP contribution in [0.4, 0.5) is 0 Å². The molecule has 0 aromatic heterocycles. The Bertz CT molecular complexity index is 180. The zero-order valence-corrected chi connectivity index (χ0v) is 8.51. The Balaban J connectivity index is 2.74. The van der Waals surface area contributed by atoms with Crippen LogP contribution in [-0.2, 0) is 0 Å². The van der Waals surface area contributed by atoms with E-state index >= 15 is 0 Å². The van der Waals surface area contributed by atoms with E-state index in [9.17, 15) is 0 Å². The van der Waals surface area contributed by atoms with Crippen molar-refractivity contribution in [2.75, 3.05) is 13.6 Å². The van der Waals surface area contributed by atoms with Gasteiger partial charge < -0.3 is 4.48 Å². The number of quaternary nitrogens is 1. The highest BCUT2D eigenvalue weighted by Crippen LogP contribution is 2.28. The molecule has 1 nitrogen and oxygen atoms in total. The van der Waals surface area contributed by atoms with Gasteiger partial charge >= 0.3 is 0 Å². The first kappa shape index (κ1) is 9.61. The van der Waals surface area contributed by atoms with Gasteiger partial charge in [-0.1, -0.05) is 0 Å². The lowest BCUT2D eigenvalue weighted by Crippen LogP contribution is -2.58. The number of hydrogen-bond donors (Lipinski definition) is 0. The molecule has 0 bridgehead atoms. The third-order valence-corrected chi connectivity index (χ3v) is 3.69. The van der Waals surface area contributed by atoms with Crippen molar-refractivity contribution in [1.29, 1.82) is 0 Å². The number of nitrogens with zero attached hydrogens (tertiary/aromatic N) is 1. The van der Waals surface area contributed by atoms with Crippen molar-refractivity contribution >= 4 is 0 Å². The van der Waals surface area contributed by atoms with E-state index in [1.807, 2.05) is 0 Å². The topological polar surface area (TPSA) is 0 Å². The summed E-state index contributed by atoms with van der Waals surface area (Å²) in [6.45, 7) is 5.54. The van der Waals surface area contributed by atoms with Gasteiger partial charge in [0.05, 0.1) is 19.1 Å². The number of terminal acetylenes is 1. The molecule has 0 aromatic carbocycles. The highest BCUT2D eigenvalue weighted by atomic mass is 15.4. The van der Waals surface area contributed by atoms with Gasteiger partial charge in [0.15, 0.2) is 0 Å².